The molecule has 0 radical (unpaired) electrons. The predicted octanol–water partition coefficient (Wildman–Crippen LogP) is 5.19. The Morgan fingerprint density at radius 3 is 2.27 bits per heavy atom. The molecule has 0 saturated carbocycles. The van der Waals surface area contributed by atoms with E-state index in [0.29, 0.717) is 4.90 Å². The van der Waals surface area contributed by atoms with E-state index < -0.39 is 10.0 Å². The third-order valence-electron chi connectivity index (χ3n) is 4.33. The second-order valence-electron chi connectivity index (χ2n) is 7.27. The highest BCUT2D eigenvalue weighted by atomic mass is 32.2. The molecule has 0 spiro atoms. The molecule has 0 amide bonds. The first-order valence-corrected chi connectivity index (χ1v) is 10.9. The van der Waals surface area contributed by atoms with Crippen LogP contribution in [0.3, 0.4) is 0 Å². The molecule has 1 aromatic heterocycles. The topological polar surface area (TPSA) is 46.2 Å². The summed E-state index contributed by atoms with van der Waals surface area (Å²) in [5.74, 6) is 0. The van der Waals surface area contributed by atoms with Crippen LogP contribution in [0.25, 0.3) is 11.1 Å². The summed E-state index contributed by atoms with van der Waals surface area (Å²) in [6.45, 7) is 6.58. The molecule has 0 aliphatic heterocycles. The molecular formula is C21H23NO2S2. The molecule has 2 aromatic carbocycles. The van der Waals surface area contributed by atoms with E-state index in [1.807, 2.05) is 47.8 Å². The van der Waals surface area contributed by atoms with Gasteiger partial charge in [-0.3, -0.25) is 0 Å². The predicted molar refractivity (Wildman–Crippen MR) is 109 cm³/mol. The standard InChI is InChI=1S/C21H23NO2S2/c1-21(2,3)18-8-10-19(11-9-18)26(23,24)22-14-16-6-4-5-7-20(16)17-12-13-25-15-17/h4-13,15,22H,14H2,1-3H3. The van der Waals surface area contributed by atoms with Crippen molar-refractivity contribution in [2.24, 2.45) is 0 Å². The Bertz CT molecular complexity index is 968. The van der Waals surface area contributed by atoms with Crippen LogP contribution in [-0.2, 0) is 22.0 Å². The first-order valence-electron chi connectivity index (χ1n) is 8.48. The summed E-state index contributed by atoms with van der Waals surface area (Å²) in [6.07, 6.45) is 0. The fourth-order valence-electron chi connectivity index (χ4n) is 2.76. The van der Waals surface area contributed by atoms with Crippen LogP contribution in [0, 0.1) is 0 Å². The summed E-state index contributed by atoms with van der Waals surface area (Å²) in [5, 5.41) is 4.09. The van der Waals surface area contributed by atoms with Gasteiger partial charge in [0.05, 0.1) is 4.90 Å². The van der Waals surface area contributed by atoms with E-state index in [9.17, 15) is 8.42 Å². The van der Waals surface area contributed by atoms with Gasteiger partial charge < -0.3 is 0 Å². The van der Waals surface area contributed by atoms with E-state index in [1.165, 1.54) is 0 Å². The Kier molecular flexibility index (Phi) is 5.32. The second-order valence-corrected chi connectivity index (χ2v) is 9.82. The van der Waals surface area contributed by atoms with Crippen LogP contribution >= 0.6 is 11.3 Å². The van der Waals surface area contributed by atoms with Gasteiger partial charge in [0.25, 0.3) is 0 Å². The highest BCUT2D eigenvalue weighted by Crippen LogP contribution is 2.26. The van der Waals surface area contributed by atoms with E-state index in [-0.39, 0.29) is 12.0 Å². The Balaban J connectivity index is 1.80. The number of benzene rings is 2. The lowest BCUT2D eigenvalue weighted by Gasteiger charge is -2.19. The Morgan fingerprint density at radius 2 is 1.65 bits per heavy atom. The Labute approximate surface area is 159 Å². The molecule has 0 saturated heterocycles. The smallest absolute Gasteiger partial charge is 0.207 e. The third kappa shape index (κ3) is 4.23. The molecular weight excluding hydrogens is 362 g/mol. The van der Waals surface area contributed by atoms with Crippen molar-refractivity contribution in [1.82, 2.24) is 4.72 Å². The molecule has 3 aromatic rings. The van der Waals surface area contributed by atoms with Crippen molar-refractivity contribution in [2.75, 3.05) is 0 Å². The lowest BCUT2D eigenvalue weighted by atomic mass is 9.87. The van der Waals surface area contributed by atoms with Crippen LogP contribution in [0.1, 0.15) is 31.9 Å². The van der Waals surface area contributed by atoms with Gasteiger partial charge in [0.15, 0.2) is 0 Å². The maximum atomic E-state index is 12.7. The van der Waals surface area contributed by atoms with Crippen molar-refractivity contribution < 1.29 is 8.42 Å². The van der Waals surface area contributed by atoms with Crippen LogP contribution in [0.5, 0.6) is 0 Å². The van der Waals surface area contributed by atoms with Gasteiger partial charge >= 0.3 is 0 Å². The normalized spacial score (nSPS) is 12.3. The van der Waals surface area contributed by atoms with Gasteiger partial charge in [-0.2, -0.15) is 11.3 Å². The highest BCUT2D eigenvalue weighted by Gasteiger charge is 2.18. The minimum absolute atomic E-state index is 0.00477. The van der Waals surface area contributed by atoms with E-state index >= 15 is 0 Å². The molecule has 0 unspecified atom stereocenters. The second kappa shape index (κ2) is 7.35. The van der Waals surface area contributed by atoms with E-state index in [2.05, 4.69) is 30.9 Å². The van der Waals surface area contributed by atoms with Gasteiger partial charge in [-0.1, -0.05) is 57.2 Å². The number of nitrogens with one attached hydrogen (secondary N) is 1. The van der Waals surface area contributed by atoms with Crippen LogP contribution in [0.2, 0.25) is 0 Å². The first-order chi connectivity index (χ1) is 12.3. The van der Waals surface area contributed by atoms with Crippen LogP contribution in [0.4, 0.5) is 0 Å². The molecule has 5 heteroatoms. The average molecular weight is 386 g/mol. The van der Waals surface area contributed by atoms with Crippen molar-refractivity contribution in [3.05, 3.63) is 76.5 Å². The van der Waals surface area contributed by atoms with Crippen LogP contribution in [-0.4, -0.2) is 8.42 Å². The van der Waals surface area contributed by atoms with Gasteiger partial charge in [0, 0.05) is 6.54 Å². The summed E-state index contributed by atoms with van der Waals surface area (Å²) < 4.78 is 28.0. The Hall–Kier alpha value is -1.95. The van der Waals surface area contributed by atoms with E-state index in [1.54, 1.807) is 23.5 Å². The molecule has 136 valence electrons. The summed E-state index contributed by atoms with van der Waals surface area (Å²) in [5.41, 5.74) is 4.23. The largest absolute Gasteiger partial charge is 0.240 e. The van der Waals surface area contributed by atoms with E-state index in [4.69, 9.17) is 0 Å². The quantitative estimate of drug-likeness (QED) is 0.657. The number of hydrogen-bond acceptors (Lipinski definition) is 3. The summed E-state index contributed by atoms with van der Waals surface area (Å²) in [4.78, 5) is 0.290. The molecule has 3 rings (SSSR count). The maximum absolute atomic E-state index is 12.7. The number of thiophene rings is 1. The SMILES string of the molecule is CC(C)(C)c1ccc(S(=O)(=O)NCc2ccccc2-c2ccsc2)cc1. The van der Waals surface area contributed by atoms with Gasteiger partial charge in [-0.05, 0) is 56.6 Å². The van der Waals surface area contributed by atoms with Crippen molar-refractivity contribution >= 4 is 21.4 Å². The molecule has 0 aliphatic carbocycles. The monoisotopic (exact) mass is 385 g/mol. The van der Waals surface area contributed by atoms with Gasteiger partial charge in [0.2, 0.25) is 10.0 Å². The van der Waals surface area contributed by atoms with Crippen molar-refractivity contribution in [2.45, 2.75) is 37.6 Å². The van der Waals surface area contributed by atoms with Gasteiger partial charge in [-0.15, -0.1) is 0 Å². The van der Waals surface area contributed by atoms with Crippen molar-refractivity contribution in [3.8, 4) is 11.1 Å². The number of rotatable bonds is 5. The minimum Gasteiger partial charge on any atom is -0.207 e. The van der Waals surface area contributed by atoms with Crippen LogP contribution < -0.4 is 4.72 Å². The zero-order chi connectivity index (χ0) is 18.8. The summed E-state index contributed by atoms with van der Waals surface area (Å²) in [6, 6.07) is 17.0. The molecule has 3 nitrogen and oxygen atoms in total. The minimum atomic E-state index is -3.55. The first kappa shape index (κ1) is 18.8. The molecule has 26 heavy (non-hydrogen) atoms. The number of hydrogen-bond donors (Lipinski definition) is 1. The molecule has 0 atom stereocenters. The molecule has 0 fully saturated rings. The van der Waals surface area contributed by atoms with E-state index in [0.717, 1.165) is 22.3 Å². The van der Waals surface area contributed by atoms with Gasteiger partial charge in [0.1, 0.15) is 0 Å². The lowest BCUT2D eigenvalue weighted by molar-refractivity contribution is 0.578. The van der Waals surface area contributed by atoms with Crippen molar-refractivity contribution in [1.29, 1.82) is 0 Å². The third-order valence-corrected chi connectivity index (χ3v) is 6.43. The molecule has 0 bridgehead atoms. The maximum Gasteiger partial charge on any atom is 0.240 e. The zero-order valence-corrected chi connectivity index (χ0v) is 16.8. The summed E-state index contributed by atoms with van der Waals surface area (Å²) >= 11 is 1.63. The average Bonchev–Trinajstić information content (AvgIpc) is 3.14. The highest BCUT2D eigenvalue weighted by molar-refractivity contribution is 7.89. The van der Waals surface area contributed by atoms with Gasteiger partial charge in [-0.25, -0.2) is 13.1 Å². The molecule has 1 heterocycles. The molecule has 0 aliphatic rings. The zero-order valence-electron chi connectivity index (χ0n) is 15.2. The number of sulfonamides is 1. The summed E-state index contributed by atoms with van der Waals surface area (Å²) in [7, 11) is -3.55. The Morgan fingerprint density at radius 1 is 0.962 bits per heavy atom. The van der Waals surface area contributed by atoms with Crippen molar-refractivity contribution in [3.63, 3.8) is 0 Å². The molecule has 1 N–H and O–H groups in total. The van der Waals surface area contributed by atoms with Crippen LogP contribution in [0.15, 0.2) is 70.3 Å². The lowest BCUT2D eigenvalue weighted by Crippen LogP contribution is -2.23. The fraction of sp³-hybridized carbons (Fsp3) is 0.238. The fourth-order valence-corrected chi connectivity index (χ4v) is 4.43.